The van der Waals surface area contributed by atoms with Gasteiger partial charge in [-0.05, 0) is 66.6 Å². The van der Waals surface area contributed by atoms with E-state index in [1.54, 1.807) is 0 Å². The average Bonchev–Trinajstić information content (AvgIpc) is 2.74. The number of carbonyl (C=O) groups is 1. The van der Waals surface area contributed by atoms with Crippen LogP contribution in [0.3, 0.4) is 0 Å². The number of hydrogen-bond donors (Lipinski definition) is 1. The second kappa shape index (κ2) is 3.07. The Morgan fingerprint density at radius 3 is 2.41 bits per heavy atom. The highest BCUT2D eigenvalue weighted by Gasteiger charge is 2.67. The third kappa shape index (κ3) is 1.15. The normalized spacial score (nSPS) is 63.1. The van der Waals surface area contributed by atoms with E-state index in [9.17, 15) is 9.90 Å². The Hall–Kier alpha value is -0.530. The van der Waals surface area contributed by atoms with Crippen LogP contribution in [0.2, 0.25) is 0 Å². The predicted octanol–water partition coefficient (Wildman–Crippen LogP) is 2.88. The first kappa shape index (κ1) is 10.4. The molecule has 2 bridgehead atoms. The molecule has 1 N–H and O–H groups in total. The Kier molecular flexibility index (Phi) is 1.88. The van der Waals surface area contributed by atoms with Crippen molar-refractivity contribution < 1.29 is 9.90 Å². The molecule has 4 aliphatic carbocycles. The second-order valence-corrected chi connectivity index (χ2v) is 7.31. The summed E-state index contributed by atoms with van der Waals surface area (Å²) in [5.41, 5.74) is 0. The summed E-state index contributed by atoms with van der Waals surface area (Å²) in [6.45, 7) is 4.78. The Bertz CT molecular complexity index is 375. The summed E-state index contributed by atoms with van der Waals surface area (Å²) < 4.78 is 0. The molecule has 0 aromatic heterocycles. The van der Waals surface area contributed by atoms with Gasteiger partial charge in [0, 0.05) is 0 Å². The van der Waals surface area contributed by atoms with Crippen molar-refractivity contribution in [3.05, 3.63) is 0 Å². The van der Waals surface area contributed by atoms with Crippen molar-refractivity contribution in [2.45, 2.75) is 33.1 Å². The summed E-state index contributed by atoms with van der Waals surface area (Å²) in [6.07, 6.45) is 3.60. The molecule has 0 aromatic rings. The number of aliphatic carboxylic acids is 1. The standard InChI is InChI=1S/C15H22O2/c1-6-3-9-8-4-10(11(5-8)15(16)17)13-7(2)14(13)12(6)9/h6-14H,3-5H2,1-2H3,(H,16,17). The lowest BCUT2D eigenvalue weighted by atomic mass is 9.58. The number of carboxylic acids is 1. The van der Waals surface area contributed by atoms with Gasteiger partial charge in [-0.1, -0.05) is 13.8 Å². The summed E-state index contributed by atoms with van der Waals surface area (Å²) >= 11 is 0. The van der Waals surface area contributed by atoms with Crippen LogP contribution in [0, 0.1) is 53.3 Å². The van der Waals surface area contributed by atoms with Gasteiger partial charge in [0.15, 0.2) is 0 Å². The molecule has 0 heterocycles. The molecule has 0 aliphatic heterocycles. The van der Waals surface area contributed by atoms with Crippen LogP contribution < -0.4 is 0 Å². The summed E-state index contributed by atoms with van der Waals surface area (Å²) in [5, 5.41) is 9.40. The van der Waals surface area contributed by atoms with E-state index in [-0.39, 0.29) is 5.92 Å². The zero-order chi connectivity index (χ0) is 11.9. The quantitative estimate of drug-likeness (QED) is 0.757. The fourth-order valence-corrected chi connectivity index (χ4v) is 6.12. The largest absolute Gasteiger partial charge is 0.481 e. The van der Waals surface area contributed by atoms with E-state index in [4.69, 9.17) is 0 Å². The Morgan fingerprint density at radius 1 is 1.00 bits per heavy atom. The maximum Gasteiger partial charge on any atom is 0.306 e. The summed E-state index contributed by atoms with van der Waals surface area (Å²) in [6, 6.07) is 0. The van der Waals surface area contributed by atoms with Gasteiger partial charge in [0.2, 0.25) is 0 Å². The molecule has 4 saturated carbocycles. The van der Waals surface area contributed by atoms with Crippen LogP contribution in [0.15, 0.2) is 0 Å². The van der Waals surface area contributed by atoms with Crippen molar-refractivity contribution in [2.24, 2.45) is 53.3 Å². The summed E-state index contributed by atoms with van der Waals surface area (Å²) in [7, 11) is 0. The van der Waals surface area contributed by atoms with Crippen LogP contribution >= 0.6 is 0 Å². The second-order valence-electron chi connectivity index (χ2n) is 7.31. The van der Waals surface area contributed by atoms with Gasteiger partial charge < -0.3 is 5.11 Å². The van der Waals surface area contributed by atoms with Crippen molar-refractivity contribution in [1.82, 2.24) is 0 Å². The smallest absolute Gasteiger partial charge is 0.306 e. The maximum absolute atomic E-state index is 11.4. The zero-order valence-corrected chi connectivity index (χ0v) is 10.7. The van der Waals surface area contributed by atoms with Crippen LogP contribution in [-0.2, 0) is 4.79 Å². The monoisotopic (exact) mass is 234 g/mol. The van der Waals surface area contributed by atoms with Gasteiger partial charge >= 0.3 is 5.97 Å². The van der Waals surface area contributed by atoms with Gasteiger partial charge in [-0.25, -0.2) is 0 Å². The lowest BCUT2D eigenvalue weighted by molar-refractivity contribution is -0.143. The highest BCUT2D eigenvalue weighted by Crippen LogP contribution is 2.71. The van der Waals surface area contributed by atoms with Crippen molar-refractivity contribution in [3.8, 4) is 0 Å². The molecule has 2 nitrogen and oxygen atoms in total. The molecule has 17 heavy (non-hydrogen) atoms. The molecule has 0 spiro atoms. The molecule has 0 saturated heterocycles. The molecular weight excluding hydrogens is 212 g/mol. The number of carboxylic acid groups (broad SMARTS) is 1. The minimum absolute atomic E-state index is 0.00527. The van der Waals surface area contributed by atoms with Gasteiger partial charge in [0.1, 0.15) is 0 Å². The van der Waals surface area contributed by atoms with Gasteiger partial charge in [0.05, 0.1) is 5.92 Å². The fraction of sp³-hybridized carbons (Fsp3) is 0.933. The maximum atomic E-state index is 11.4. The SMILES string of the molecule is CC1CC2C3CC(C(=O)O)C(C3)C3C(C)C3C12. The zero-order valence-electron chi connectivity index (χ0n) is 10.7. The van der Waals surface area contributed by atoms with Crippen molar-refractivity contribution in [3.63, 3.8) is 0 Å². The molecule has 9 unspecified atom stereocenters. The molecule has 0 amide bonds. The molecule has 9 atom stereocenters. The average molecular weight is 234 g/mol. The predicted molar refractivity (Wildman–Crippen MR) is 64.2 cm³/mol. The van der Waals surface area contributed by atoms with E-state index in [1.165, 1.54) is 12.8 Å². The number of fused-ring (bicyclic) bond motifs is 7. The van der Waals surface area contributed by atoms with E-state index in [0.717, 1.165) is 47.8 Å². The molecule has 4 fully saturated rings. The van der Waals surface area contributed by atoms with E-state index >= 15 is 0 Å². The lowest BCUT2D eigenvalue weighted by Gasteiger charge is -2.47. The fourth-order valence-electron chi connectivity index (χ4n) is 6.12. The minimum Gasteiger partial charge on any atom is -0.481 e. The van der Waals surface area contributed by atoms with Crippen molar-refractivity contribution in [2.75, 3.05) is 0 Å². The van der Waals surface area contributed by atoms with Gasteiger partial charge in [-0.3, -0.25) is 4.79 Å². The van der Waals surface area contributed by atoms with Gasteiger partial charge in [-0.2, -0.15) is 0 Å². The first-order valence-corrected chi connectivity index (χ1v) is 7.32. The molecule has 0 aromatic carbocycles. The Morgan fingerprint density at radius 2 is 1.76 bits per heavy atom. The lowest BCUT2D eigenvalue weighted by Crippen LogP contribution is -2.41. The number of rotatable bonds is 1. The molecule has 0 radical (unpaired) electrons. The molecule has 2 heteroatoms. The first-order chi connectivity index (χ1) is 8.09. The topological polar surface area (TPSA) is 37.3 Å². The van der Waals surface area contributed by atoms with Crippen molar-refractivity contribution in [1.29, 1.82) is 0 Å². The first-order valence-electron chi connectivity index (χ1n) is 7.32. The molecule has 4 rings (SSSR count). The van der Waals surface area contributed by atoms with E-state index in [2.05, 4.69) is 13.8 Å². The van der Waals surface area contributed by atoms with E-state index in [1.807, 2.05) is 0 Å². The molecular formula is C15H22O2. The van der Waals surface area contributed by atoms with E-state index in [0.29, 0.717) is 5.92 Å². The molecule has 4 aliphatic rings. The van der Waals surface area contributed by atoms with Crippen LogP contribution in [0.1, 0.15) is 33.1 Å². The highest BCUT2D eigenvalue weighted by molar-refractivity contribution is 5.71. The van der Waals surface area contributed by atoms with Crippen molar-refractivity contribution >= 4 is 5.97 Å². The van der Waals surface area contributed by atoms with Crippen LogP contribution in [0.4, 0.5) is 0 Å². The van der Waals surface area contributed by atoms with Gasteiger partial charge in [0.25, 0.3) is 0 Å². The van der Waals surface area contributed by atoms with Crippen LogP contribution in [0.5, 0.6) is 0 Å². The van der Waals surface area contributed by atoms with Crippen LogP contribution in [-0.4, -0.2) is 11.1 Å². The van der Waals surface area contributed by atoms with Gasteiger partial charge in [-0.15, -0.1) is 0 Å². The third-order valence-corrected chi connectivity index (χ3v) is 6.82. The summed E-state index contributed by atoms with van der Waals surface area (Å²) in [5.74, 6) is 5.99. The highest BCUT2D eigenvalue weighted by atomic mass is 16.4. The van der Waals surface area contributed by atoms with E-state index < -0.39 is 5.97 Å². The minimum atomic E-state index is -0.513. The number of hydrogen-bond acceptors (Lipinski definition) is 1. The summed E-state index contributed by atoms with van der Waals surface area (Å²) in [4.78, 5) is 11.4. The Labute approximate surface area is 103 Å². The Balaban J connectivity index is 1.67. The molecule has 94 valence electrons. The third-order valence-electron chi connectivity index (χ3n) is 6.82. The van der Waals surface area contributed by atoms with Crippen LogP contribution in [0.25, 0.3) is 0 Å².